The maximum atomic E-state index is 6.03. The summed E-state index contributed by atoms with van der Waals surface area (Å²) in [5.41, 5.74) is 4.70. The molecule has 1 unspecified atom stereocenters. The number of hydrogen-bond acceptors (Lipinski definition) is 3. The fraction of sp³-hybridized carbons (Fsp3) is 0.387. The fourth-order valence-electron chi connectivity index (χ4n) is 4.61. The van der Waals surface area contributed by atoms with E-state index in [4.69, 9.17) is 9.84 Å². The van der Waals surface area contributed by atoms with Crippen molar-refractivity contribution in [3.8, 4) is 5.75 Å². The standard InChI is InChI=1S/C31H38N2O/c1-2-3-4-5-6-7-8-15-24-34-29-22-20-27(21-23-29)31-25-30(26-16-11-9-12-17-26)32-33(31)28-18-13-10-14-19-28/h9-14,16-23,31H,2-8,15,24-25H2,1H3. The van der Waals surface area contributed by atoms with E-state index in [9.17, 15) is 0 Å². The molecular weight excluding hydrogens is 416 g/mol. The van der Waals surface area contributed by atoms with Gasteiger partial charge in [-0.05, 0) is 41.8 Å². The van der Waals surface area contributed by atoms with Crippen LogP contribution in [0.2, 0.25) is 0 Å². The van der Waals surface area contributed by atoms with Crippen LogP contribution in [-0.2, 0) is 0 Å². The average Bonchev–Trinajstić information content (AvgIpc) is 3.35. The Balaban J connectivity index is 1.33. The van der Waals surface area contributed by atoms with Crippen LogP contribution >= 0.6 is 0 Å². The Kier molecular flexibility index (Phi) is 9.19. The lowest BCUT2D eigenvalue weighted by Crippen LogP contribution is -2.18. The summed E-state index contributed by atoms with van der Waals surface area (Å²) in [6.45, 7) is 3.07. The quantitative estimate of drug-likeness (QED) is 0.242. The summed E-state index contributed by atoms with van der Waals surface area (Å²) in [6.07, 6.45) is 11.4. The Morgan fingerprint density at radius 1 is 0.735 bits per heavy atom. The van der Waals surface area contributed by atoms with Crippen LogP contribution < -0.4 is 9.75 Å². The maximum absolute atomic E-state index is 6.03. The molecule has 3 aromatic carbocycles. The second-order valence-corrected chi connectivity index (χ2v) is 9.21. The zero-order valence-corrected chi connectivity index (χ0v) is 20.5. The molecule has 0 N–H and O–H groups in total. The van der Waals surface area contributed by atoms with Gasteiger partial charge in [0.2, 0.25) is 0 Å². The molecule has 0 amide bonds. The van der Waals surface area contributed by atoms with Crippen LogP contribution in [0, 0.1) is 0 Å². The van der Waals surface area contributed by atoms with E-state index in [0.717, 1.165) is 36.6 Å². The summed E-state index contributed by atoms with van der Waals surface area (Å²) in [5, 5.41) is 7.19. The van der Waals surface area contributed by atoms with Gasteiger partial charge < -0.3 is 4.74 Å². The van der Waals surface area contributed by atoms with Crippen molar-refractivity contribution >= 4 is 11.4 Å². The fourth-order valence-corrected chi connectivity index (χ4v) is 4.61. The molecule has 1 aliphatic heterocycles. The third-order valence-corrected chi connectivity index (χ3v) is 6.57. The molecular formula is C31H38N2O. The van der Waals surface area contributed by atoms with E-state index in [1.165, 1.54) is 56.1 Å². The van der Waals surface area contributed by atoms with Crippen molar-refractivity contribution in [3.63, 3.8) is 0 Å². The molecule has 3 aromatic rings. The number of ether oxygens (including phenoxy) is 1. The van der Waals surface area contributed by atoms with Gasteiger partial charge >= 0.3 is 0 Å². The van der Waals surface area contributed by atoms with Crippen molar-refractivity contribution in [3.05, 3.63) is 96.1 Å². The van der Waals surface area contributed by atoms with Crippen LogP contribution in [0.5, 0.6) is 5.75 Å². The molecule has 4 rings (SSSR count). The van der Waals surface area contributed by atoms with E-state index >= 15 is 0 Å². The molecule has 1 heterocycles. The lowest BCUT2D eigenvalue weighted by molar-refractivity contribution is 0.304. The molecule has 1 atom stereocenters. The van der Waals surface area contributed by atoms with Gasteiger partial charge in [-0.2, -0.15) is 5.10 Å². The van der Waals surface area contributed by atoms with Crippen molar-refractivity contribution in [2.45, 2.75) is 70.8 Å². The van der Waals surface area contributed by atoms with Gasteiger partial charge in [-0.3, -0.25) is 5.01 Å². The Hall–Kier alpha value is -3.07. The molecule has 0 fully saturated rings. The first kappa shape index (κ1) is 24.1. The molecule has 0 aliphatic carbocycles. The number of hydrazone groups is 1. The van der Waals surface area contributed by atoms with Gasteiger partial charge in [-0.1, -0.05) is 113 Å². The summed E-state index contributed by atoms with van der Waals surface area (Å²) in [7, 11) is 0. The molecule has 0 bridgehead atoms. The van der Waals surface area contributed by atoms with E-state index in [1.54, 1.807) is 0 Å². The van der Waals surface area contributed by atoms with Crippen molar-refractivity contribution in [2.24, 2.45) is 5.10 Å². The molecule has 0 saturated heterocycles. The second kappa shape index (κ2) is 13.0. The monoisotopic (exact) mass is 454 g/mol. The van der Waals surface area contributed by atoms with Crippen molar-refractivity contribution in [1.29, 1.82) is 0 Å². The summed E-state index contributed by atoms with van der Waals surface area (Å²) in [5.74, 6) is 0.958. The van der Waals surface area contributed by atoms with Gasteiger partial charge in [0.05, 0.1) is 24.0 Å². The van der Waals surface area contributed by atoms with Gasteiger partial charge in [0.1, 0.15) is 5.75 Å². The van der Waals surface area contributed by atoms with E-state index < -0.39 is 0 Å². The van der Waals surface area contributed by atoms with Crippen molar-refractivity contribution in [1.82, 2.24) is 0 Å². The Bertz CT molecular complexity index is 999. The van der Waals surface area contributed by atoms with Crippen LogP contribution in [-0.4, -0.2) is 12.3 Å². The summed E-state index contributed by atoms with van der Waals surface area (Å²) in [4.78, 5) is 0. The topological polar surface area (TPSA) is 24.8 Å². The molecule has 0 radical (unpaired) electrons. The predicted octanol–water partition coefficient (Wildman–Crippen LogP) is 8.56. The zero-order valence-electron chi connectivity index (χ0n) is 20.5. The highest BCUT2D eigenvalue weighted by Gasteiger charge is 2.29. The molecule has 34 heavy (non-hydrogen) atoms. The smallest absolute Gasteiger partial charge is 0.119 e. The first-order valence-corrected chi connectivity index (χ1v) is 13.0. The highest BCUT2D eigenvalue weighted by molar-refractivity contribution is 6.03. The molecule has 3 heteroatoms. The number of para-hydroxylation sites is 1. The number of anilines is 1. The predicted molar refractivity (Wildman–Crippen MR) is 144 cm³/mol. The molecule has 0 saturated carbocycles. The van der Waals surface area contributed by atoms with Crippen molar-refractivity contribution < 1.29 is 4.74 Å². The number of nitrogens with zero attached hydrogens (tertiary/aromatic N) is 2. The number of hydrogen-bond donors (Lipinski definition) is 0. The largest absolute Gasteiger partial charge is 0.494 e. The minimum Gasteiger partial charge on any atom is -0.494 e. The van der Waals surface area contributed by atoms with Crippen LogP contribution in [0.1, 0.15) is 81.9 Å². The second-order valence-electron chi connectivity index (χ2n) is 9.21. The first-order valence-electron chi connectivity index (χ1n) is 13.0. The Morgan fingerprint density at radius 2 is 1.35 bits per heavy atom. The van der Waals surface area contributed by atoms with Crippen LogP contribution in [0.3, 0.4) is 0 Å². The van der Waals surface area contributed by atoms with Gasteiger partial charge in [0.15, 0.2) is 0 Å². The minimum atomic E-state index is 0.180. The number of rotatable bonds is 13. The average molecular weight is 455 g/mol. The van der Waals surface area contributed by atoms with E-state index in [-0.39, 0.29) is 6.04 Å². The molecule has 0 aromatic heterocycles. The molecule has 1 aliphatic rings. The highest BCUT2D eigenvalue weighted by atomic mass is 16.5. The van der Waals surface area contributed by atoms with Gasteiger partial charge in [0, 0.05) is 6.42 Å². The van der Waals surface area contributed by atoms with E-state index in [0.29, 0.717) is 0 Å². The maximum Gasteiger partial charge on any atom is 0.119 e. The highest BCUT2D eigenvalue weighted by Crippen LogP contribution is 2.37. The lowest BCUT2D eigenvalue weighted by atomic mass is 9.98. The third kappa shape index (κ3) is 6.72. The Labute approximate surface area is 205 Å². The molecule has 178 valence electrons. The first-order chi connectivity index (χ1) is 16.8. The van der Waals surface area contributed by atoms with Crippen LogP contribution in [0.4, 0.5) is 5.69 Å². The zero-order chi connectivity index (χ0) is 23.4. The molecule has 0 spiro atoms. The number of benzene rings is 3. The summed E-state index contributed by atoms with van der Waals surface area (Å²) >= 11 is 0. The van der Waals surface area contributed by atoms with Gasteiger partial charge in [-0.25, -0.2) is 0 Å². The van der Waals surface area contributed by atoms with Crippen LogP contribution in [0.25, 0.3) is 0 Å². The number of unbranched alkanes of at least 4 members (excludes halogenated alkanes) is 7. The van der Waals surface area contributed by atoms with Gasteiger partial charge in [0.25, 0.3) is 0 Å². The van der Waals surface area contributed by atoms with Gasteiger partial charge in [-0.15, -0.1) is 0 Å². The normalized spacial score (nSPS) is 15.4. The SMILES string of the molecule is CCCCCCCCCCOc1ccc(C2CC(c3ccccc3)=NN2c2ccccc2)cc1. The third-order valence-electron chi connectivity index (χ3n) is 6.57. The molecule has 3 nitrogen and oxygen atoms in total. The van der Waals surface area contributed by atoms with Crippen molar-refractivity contribution in [2.75, 3.05) is 11.6 Å². The van der Waals surface area contributed by atoms with E-state index in [1.807, 2.05) is 0 Å². The Morgan fingerprint density at radius 3 is 2.03 bits per heavy atom. The minimum absolute atomic E-state index is 0.180. The van der Waals surface area contributed by atoms with Crippen LogP contribution in [0.15, 0.2) is 90.0 Å². The lowest BCUT2D eigenvalue weighted by Gasteiger charge is -2.24. The van der Waals surface area contributed by atoms with E-state index in [2.05, 4.69) is 96.9 Å². The summed E-state index contributed by atoms with van der Waals surface area (Å²) in [6, 6.07) is 29.8. The summed E-state index contributed by atoms with van der Waals surface area (Å²) < 4.78 is 6.03.